The van der Waals surface area contributed by atoms with E-state index in [0.717, 1.165) is 31.9 Å². The second kappa shape index (κ2) is 6.14. The van der Waals surface area contributed by atoms with Gasteiger partial charge in [0.25, 0.3) is 0 Å². The van der Waals surface area contributed by atoms with Crippen LogP contribution in [0.25, 0.3) is 26.8 Å². The van der Waals surface area contributed by atoms with Crippen molar-refractivity contribution in [2.75, 3.05) is 0 Å². The molecule has 136 valence electrons. The summed E-state index contributed by atoms with van der Waals surface area (Å²) in [6.45, 7) is 3.89. The quantitative estimate of drug-likeness (QED) is 0.303. The molecule has 0 radical (unpaired) electrons. The maximum atomic E-state index is 12.7. The van der Waals surface area contributed by atoms with Crippen molar-refractivity contribution in [2.45, 2.75) is 13.8 Å². The van der Waals surface area contributed by atoms with Gasteiger partial charge >= 0.3 is 0 Å². The second-order valence-corrected chi connectivity index (χ2v) is 8.14. The Balaban J connectivity index is 1.53. The molecular formula is C24H16O3S. The topological polar surface area (TPSA) is 47.3 Å². The van der Waals surface area contributed by atoms with Crippen LogP contribution in [0.5, 0.6) is 0 Å². The SMILES string of the molecule is Cc1cc2c(cc1C)C(=O)C(=Cc1cc3sc(-c4ccccc4)cc3o1)C2=O. The van der Waals surface area contributed by atoms with Gasteiger partial charge in [0.1, 0.15) is 11.3 Å². The van der Waals surface area contributed by atoms with Crippen molar-refractivity contribution in [3.63, 3.8) is 0 Å². The van der Waals surface area contributed by atoms with Gasteiger partial charge in [0.2, 0.25) is 0 Å². The smallest absolute Gasteiger partial charge is 0.197 e. The highest BCUT2D eigenvalue weighted by atomic mass is 32.1. The number of benzene rings is 2. The van der Waals surface area contributed by atoms with E-state index in [0.29, 0.717) is 16.9 Å². The first-order valence-corrected chi connectivity index (χ1v) is 9.84. The lowest BCUT2D eigenvalue weighted by atomic mass is 10.0. The third-order valence-corrected chi connectivity index (χ3v) is 6.30. The highest BCUT2D eigenvalue weighted by Crippen LogP contribution is 2.37. The number of furan rings is 1. The first-order valence-electron chi connectivity index (χ1n) is 9.02. The first kappa shape index (κ1) is 16.9. The monoisotopic (exact) mass is 384 g/mol. The Labute approximate surface area is 165 Å². The Morgan fingerprint density at radius 2 is 1.50 bits per heavy atom. The Morgan fingerprint density at radius 1 is 0.857 bits per heavy atom. The molecule has 4 aromatic rings. The van der Waals surface area contributed by atoms with Crippen LogP contribution in [0.15, 0.2) is 64.6 Å². The zero-order chi connectivity index (χ0) is 19.4. The van der Waals surface area contributed by atoms with Crippen molar-refractivity contribution < 1.29 is 14.0 Å². The maximum Gasteiger partial charge on any atom is 0.197 e. The maximum absolute atomic E-state index is 12.7. The predicted octanol–water partition coefficient (Wildman–Crippen LogP) is 6.24. The molecule has 0 atom stereocenters. The minimum atomic E-state index is -0.229. The number of rotatable bonds is 2. The van der Waals surface area contributed by atoms with Gasteiger partial charge in [-0.2, -0.15) is 0 Å². The van der Waals surface area contributed by atoms with E-state index in [1.807, 2.05) is 44.2 Å². The van der Waals surface area contributed by atoms with Crippen molar-refractivity contribution in [2.24, 2.45) is 0 Å². The van der Waals surface area contributed by atoms with E-state index in [1.54, 1.807) is 29.5 Å². The fourth-order valence-corrected chi connectivity index (χ4v) is 4.56. The molecule has 2 aromatic heterocycles. The summed E-state index contributed by atoms with van der Waals surface area (Å²) in [4.78, 5) is 26.6. The van der Waals surface area contributed by atoms with Gasteiger partial charge in [0, 0.05) is 28.1 Å². The molecule has 0 saturated carbocycles. The molecule has 5 rings (SSSR count). The van der Waals surface area contributed by atoms with Crippen molar-refractivity contribution in [3.05, 3.63) is 88.2 Å². The van der Waals surface area contributed by atoms with Gasteiger partial charge in [-0.3, -0.25) is 9.59 Å². The van der Waals surface area contributed by atoms with Crippen LogP contribution in [0.4, 0.5) is 0 Å². The van der Waals surface area contributed by atoms with Gasteiger partial charge in [0.15, 0.2) is 11.6 Å². The standard InChI is InChI=1S/C24H16O3S/c1-13-8-17-18(9-14(13)2)24(26)19(23(17)25)10-16-11-22-20(27-16)12-21(28-22)15-6-4-3-5-7-15/h3-12H,1-2H3. The van der Waals surface area contributed by atoms with Crippen LogP contribution in [0, 0.1) is 13.8 Å². The van der Waals surface area contributed by atoms with Crippen LogP contribution in [-0.2, 0) is 0 Å². The van der Waals surface area contributed by atoms with E-state index in [4.69, 9.17) is 4.42 Å². The summed E-state index contributed by atoms with van der Waals surface area (Å²) in [5.74, 6) is 0.0690. The molecule has 2 aromatic carbocycles. The summed E-state index contributed by atoms with van der Waals surface area (Å²) in [6, 6.07) is 17.6. The molecule has 4 heteroatoms. The summed E-state index contributed by atoms with van der Waals surface area (Å²) < 4.78 is 6.90. The van der Waals surface area contributed by atoms with E-state index < -0.39 is 0 Å². The number of thiophene rings is 1. The van der Waals surface area contributed by atoms with Crippen molar-refractivity contribution in [3.8, 4) is 10.4 Å². The van der Waals surface area contributed by atoms with E-state index in [2.05, 4.69) is 12.1 Å². The molecular weight excluding hydrogens is 368 g/mol. The van der Waals surface area contributed by atoms with Crippen LogP contribution in [0.2, 0.25) is 0 Å². The average Bonchev–Trinajstić information content (AvgIpc) is 3.31. The van der Waals surface area contributed by atoms with Crippen LogP contribution < -0.4 is 0 Å². The Kier molecular flexibility index (Phi) is 3.71. The minimum Gasteiger partial charge on any atom is -0.456 e. The van der Waals surface area contributed by atoms with Gasteiger partial charge in [-0.15, -0.1) is 11.3 Å². The van der Waals surface area contributed by atoms with Crippen molar-refractivity contribution in [1.82, 2.24) is 0 Å². The fraction of sp³-hybridized carbons (Fsp3) is 0.0833. The summed E-state index contributed by atoms with van der Waals surface area (Å²) in [5, 5.41) is 0. The van der Waals surface area contributed by atoms with Crippen LogP contribution in [0.3, 0.4) is 0 Å². The van der Waals surface area contributed by atoms with Gasteiger partial charge in [-0.1, -0.05) is 30.3 Å². The van der Waals surface area contributed by atoms with E-state index in [9.17, 15) is 9.59 Å². The lowest BCUT2D eigenvalue weighted by Gasteiger charge is -2.01. The Hall–Kier alpha value is -3.24. The number of aryl methyl sites for hydroxylation is 2. The number of carbonyl (C=O) groups is 2. The number of hydrogen-bond acceptors (Lipinski definition) is 4. The molecule has 0 unspecified atom stereocenters. The molecule has 0 spiro atoms. The first-order chi connectivity index (χ1) is 13.5. The van der Waals surface area contributed by atoms with Gasteiger partial charge < -0.3 is 4.42 Å². The molecule has 0 saturated heterocycles. The third-order valence-electron chi connectivity index (χ3n) is 5.18. The summed E-state index contributed by atoms with van der Waals surface area (Å²) in [6.07, 6.45) is 1.57. The van der Waals surface area contributed by atoms with Crippen molar-refractivity contribution in [1.29, 1.82) is 0 Å². The number of fused-ring (bicyclic) bond motifs is 2. The lowest BCUT2D eigenvalue weighted by Crippen LogP contribution is -1.99. The molecule has 2 heterocycles. The largest absolute Gasteiger partial charge is 0.456 e. The summed E-state index contributed by atoms with van der Waals surface area (Å²) in [7, 11) is 0. The Bertz CT molecular complexity index is 1230. The fourth-order valence-electron chi connectivity index (χ4n) is 3.53. The third kappa shape index (κ3) is 2.57. The molecule has 3 nitrogen and oxygen atoms in total. The highest BCUT2D eigenvalue weighted by molar-refractivity contribution is 7.22. The van der Waals surface area contributed by atoms with Crippen LogP contribution >= 0.6 is 11.3 Å². The van der Waals surface area contributed by atoms with Gasteiger partial charge in [-0.25, -0.2) is 0 Å². The molecule has 0 aliphatic heterocycles. The summed E-state index contributed by atoms with van der Waals surface area (Å²) in [5.41, 5.74) is 5.06. The molecule has 0 fully saturated rings. The number of Topliss-reactive ketones (excluding diaryl/α,β-unsaturated/α-hetero) is 2. The molecule has 0 bridgehead atoms. The van der Waals surface area contributed by atoms with E-state index in [1.165, 1.54) is 0 Å². The highest BCUT2D eigenvalue weighted by Gasteiger charge is 2.33. The lowest BCUT2D eigenvalue weighted by molar-refractivity contribution is 0.0990. The second-order valence-electron chi connectivity index (χ2n) is 7.05. The zero-order valence-electron chi connectivity index (χ0n) is 15.4. The number of carbonyl (C=O) groups excluding carboxylic acids is 2. The zero-order valence-corrected chi connectivity index (χ0v) is 16.2. The molecule has 0 N–H and O–H groups in total. The van der Waals surface area contributed by atoms with Crippen molar-refractivity contribution >= 4 is 39.3 Å². The molecule has 0 amide bonds. The van der Waals surface area contributed by atoms with Crippen LogP contribution in [-0.4, -0.2) is 11.6 Å². The normalized spacial score (nSPS) is 13.4. The number of hydrogen-bond donors (Lipinski definition) is 0. The minimum absolute atomic E-state index is 0.171. The molecule has 28 heavy (non-hydrogen) atoms. The van der Waals surface area contributed by atoms with E-state index in [-0.39, 0.29) is 17.1 Å². The summed E-state index contributed by atoms with van der Waals surface area (Å²) >= 11 is 1.63. The number of ketones is 2. The Morgan fingerprint density at radius 3 is 2.11 bits per heavy atom. The predicted molar refractivity (Wildman–Crippen MR) is 112 cm³/mol. The molecule has 1 aliphatic rings. The van der Waals surface area contributed by atoms with Gasteiger partial charge in [-0.05, 0) is 48.7 Å². The van der Waals surface area contributed by atoms with Gasteiger partial charge in [0.05, 0.1) is 10.3 Å². The average molecular weight is 384 g/mol. The van der Waals surface area contributed by atoms with Crippen LogP contribution in [0.1, 0.15) is 37.6 Å². The number of allylic oxidation sites excluding steroid dienone is 1. The molecule has 1 aliphatic carbocycles. The van der Waals surface area contributed by atoms with E-state index >= 15 is 0 Å².